The molecule has 0 bridgehead atoms. The van der Waals surface area contributed by atoms with Gasteiger partial charge in [0, 0.05) is 92.2 Å². The van der Waals surface area contributed by atoms with E-state index in [1.807, 2.05) is 64.4 Å². The van der Waals surface area contributed by atoms with Crippen LogP contribution in [0.3, 0.4) is 0 Å². The van der Waals surface area contributed by atoms with Crippen LogP contribution >= 0.6 is 21.6 Å². The number of carbonyl (C=O) groups is 5. The molecule has 1 saturated heterocycles. The molecule has 5 heterocycles. The van der Waals surface area contributed by atoms with Gasteiger partial charge in [-0.3, -0.25) is 19.2 Å². The van der Waals surface area contributed by atoms with Gasteiger partial charge in [0.15, 0.2) is 23.0 Å². The number of carbonyl (C=O) groups excluding carboxylic acids is 5. The van der Waals surface area contributed by atoms with Gasteiger partial charge in [-0.1, -0.05) is 58.0 Å². The molecule has 21 heteroatoms. The van der Waals surface area contributed by atoms with E-state index in [0.717, 1.165) is 52.2 Å². The lowest BCUT2D eigenvalue weighted by molar-refractivity contribution is -0.197. The number of para-hydroxylation sites is 2. The molecule has 0 radical (unpaired) electrons. The Labute approximate surface area is 485 Å². The predicted molar refractivity (Wildman–Crippen MR) is 316 cm³/mol. The van der Waals surface area contributed by atoms with Gasteiger partial charge < -0.3 is 63.3 Å². The van der Waals surface area contributed by atoms with Crippen molar-refractivity contribution in [2.75, 3.05) is 112 Å². The monoisotopic (exact) mass is 1160 g/mol. The molecule has 0 saturated carbocycles. The molecule has 434 valence electrons. The highest BCUT2D eigenvalue weighted by molar-refractivity contribution is 8.77. The molecule has 5 aliphatic rings. The molecular weight excluding hydrogens is 1090 g/mol. The van der Waals surface area contributed by atoms with Gasteiger partial charge in [0.1, 0.15) is 13.2 Å². The zero-order chi connectivity index (χ0) is 57.3. The average Bonchev–Trinajstić information content (AvgIpc) is 3.00. The maximum Gasteiger partial charge on any atom is 0.333 e. The van der Waals surface area contributed by atoms with E-state index >= 15 is 0 Å². The summed E-state index contributed by atoms with van der Waals surface area (Å²) in [5.41, 5.74) is 9.00. The number of anilines is 5. The summed E-state index contributed by atoms with van der Waals surface area (Å²) in [6.07, 6.45) is 2.14. The fourth-order valence-corrected chi connectivity index (χ4v) is 13.5. The highest BCUT2D eigenvalue weighted by Crippen LogP contribution is 2.44. The first-order valence-electron chi connectivity index (χ1n) is 27.7. The lowest BCUT2D eigenvalue weighted by Crippen LogP contribution is -2.39. The standard InChI is InChI=1S/C61H70N6O13S2/c1-61(2,82-81-24-10-15-58(70)80-67-56(68)16-17-57(67)69)38-64(18-19-76-22-23-77-21-20-73-3)43-26-39(36-78-54-32-48-46(30-52(54)74-4)59(71)65-44(34-62-48)28-41-11-6-8-13-50(41)65)25-40(27-43)37-79-55-33-49-47(31-53(55)75-5)60(72)66-45(35-63-49)29-42-12-7-9-14-51(42)66/h6-9,11-14,25-27,30-33,44-45,62-63H,10,15-24,28-29,34-38H2,1-5H3/t44-,45+. The van der Waals surface area contributed by atoms with Crippen molar-refractivity contribution in [1.82, 2.24) is 5.06 Å². The number of fused-ring (bicyclic) bond motifs is 8. The van der Waals surface area contributed by atoms with E-state index in [2.05, 4.69) is 53.6 Å². The van der Waals surface area contributed by atoms with Crippen molar-refractivity contribution in [3.63, 3.8) is 0 Å². The lowest BCUT2D eigenvalue weighted by atomic mass is 10.1. The fourth-order valence-electron chi connectivity index (χ4n) is 10.9. The number of ether oxygens (including phenoxy) is 7. The third-order valence-electron chi connectivity index (χ3n) is 14.9. The van der Waals surface area contributed by atoms with Crippen LogP contribution < -0.4 is 44.3 Å². The molecule has 5 aromatic rings. The topological polar surface area (TPSA) is 196 Å². The Morgan fingerprint density at radius 2 is 1.18 bits per heavy atom. The number of imide groups is 1. The Balaban J connectivity index is 0.905. The zero-order valence-corrected chi connectivity index (χ0v) is 48.6. The minimum absolute atomic E-state index is 0.0399. The van der Waals surface area contributed by atoms with E-state index in [-0.39, 0.29) is 61.1 Å². The van der Waals surface area contributed by atoms with Crippen LogP contribution in [0.2, 0.25) is 0 Å². The summed E-state index contributed by atoms with van der Waals surface area (Å²) < 4.78 is 41.8. The van der Waals surface area contributed by atoms with Crippen molar-refractivity contribution in [2.45, 2.75) is 82.4 Å². The van der Waals surface area contributed by atoms with Gasteiger partial charge in [0.2, 0.25) is 0 Å². The van der Waals surface area contributed by atoms with Crippen molar-refractivity contribution >= 4 is 79.6 Å². The normalized spacial score (nSPS) is 16.9. The van der Waals surface area contributed by atoms with Crippen LogP contribution in [0.15, 0.2) is 91.0 Å². The van der Waals surface area contributed by atoms with Crippen molar-refractivity contribution in [2.24, 2.45) is 0 Å². The molecule has 10 rings (SSSR count). The molecule has 4 amide bonds. The number of methoxy groups -OCH3 is 3. The van der Waals surface area contributed by atoms with E-state index in [1.54, 1.807) is 55.0 Å². The molecule has 0 aliphatic carbocycles. The molecule has 0 aromatic heterocycles. The maximum atomic E-state index is 14.3. The minimum Gasteiger partial charge on any atom is -0.493 e. The summed E-state index contributed by atoms with van der Waals surface area (Å²) in [6.45, 7) is 8.95. The number of benzene rings is 5. The molecule has 5 aromatic carbocycles. The van der Waals surface area contributed by atoms with Crippen molar-refractivity contribution in [1.29, 1.82) is 0 Å². The van der Waals surface area contributed by atoms with E-state index in [9.17, 15) is 24.0 Å². The molecule has 1 fully saturated rings. The van der Waals surface area contributed by atoms with Crippen molar-refractivity contribution < 1.29 is 62.0 Å². The number of amides is 4. The third kappa shape index (κ3) is 13.3. The Morgan fingerprint density at radius 3 is 1.72 bits per heavy atom. The quantitative estimate of drug-likeness (QED) is 0.0287. The van der Waals surface area contributed by atoms with E-state index in [0.29, 0.717) is 122 Å². The number of hydrogen-bond donors (Lipinski definition) is 2. The highest BCUT2D eigenvalue weighted by Gasteiger charge is 2.40. The molecule has 5 aliphatic heterocycles. The van der Waals surface area contributed by atoms with E-state index in [4.69, 9.17) is 38.0 Å². The van der Waals surface area contributed by atoms with Gasteiger partial charge in [-0.25, -0.2) is 4.79 Å². The SMILES string of the molecule is COCCOCCOCCN(CC(C)(C)SSCCCC(=O)ON1C(=O)CCC1=O)c1cc(COc2cc3c(cc2OC)C(=O)N2c4ccccc4C[C@H]2CN3)cc(COc2cc3c(cc2OC)C(=O)N2c4ccccc4C[C@@H]2CN3)c1. The van der Waals surface area contributed by atoms with E-state index < -0.39 is 17.8 Å². The van der Waals surface area contributed by atoms with Crippen LogP contribution in [-0.4, -0.2) is 138 Å². The smallest absolute Gasteiger partial charge is 0.333 e. The molecule has 19 nitrogen and oxygen atoms in total. The van der Waals surface area contributed by atoms with Crippen LogP contribution in [0.25, 0.3) is 0 Å². The first-order valence-corrected chi connectivity index (χ1v) is 30.0. The number of nitrogens with zero attached hydrogens (tertiary/aromatic N) is 4. The fraction of sp³-hybridized carbons (Fsp3) is 0.426. The summed E-state index contributed by atoms with van der Waals surface area (Å²) in [5, 5.41) is 7.66. The Hall–Kier alpha value is -7.17. The van der Waals surface area contributed by atoms with Crippen LogP contribution in [-0.2, 0) is 59.5 Å². The lowest BCUT2D eigenvalue weighted by Gasteiger charge is -2.34. The number of rotatable bonds is 27. The maximum absolute atomic E-state index is 14.3. The largest absolute Gasteiger partial charge is 0.493 e. The average molecular weight is 1160 g/mol. The number of hydroxylamine groups is 2. The highest BCUT2D eigenvalue weighted by atomic mass is 33.1. The van der Waals surface area contributed by atoms with Crippen LogP contribution in [0, 0.1) is 0 Å². The second-order valence-corrected chi connectivity index (χ2v) is 24.3. The van der Waals surface area contributed by atoms with Gasteiger partial charge in [0.05, 0.1) is 81.8 Å². The Bertz CT molecular complexity index is 3010. The first-order chi connectivity index (χ1) is 39.8. The molecule has 2 atom stereocenters. The summed E-state index contributed by atoms with van der Waals surface area (Å²) >= 11 is 0. The van der Waals surface area contributed by atoms with Crippen molar-refractivity contribution in [3.8, 4) is 23.0 Å². The van der Waals surface area contributed by atoms with Crippen LogP contribution in [0.4, 0.5) is 28.4 Å². The van der Waals surface area contributed by atoms with Gasteiger partial charge >= 0.3 is 5.97 Å². The summed E-state index contributed by atoms with van der Waals surface area (Å²) in [6, 6.07) is 29.4. The summed E-state index contributed by atoms with van der Waals surface area (Å²) in [7, 11) is 8.09. The second kappa shape index (κ2) is 26.4. The van der Waals surface area contributed by atoms with Crippen LogP contribution in [0.5, 0.6) is 23.0 Å². The Kier molecular flexibility index (Phi) is 18.7. The van der Waals surface area contributed by atoms with E-state index in [1.165, 1.54) is 0 Å². The molecule has 82 heavy (non-hydrogen) atoms. The molecule has 0 spiro atoms. The van der Waals surface area contributed by atoms with Crippen molar-refractivity contribution in [3.05, 3.63) is 124 Å². The van der Waals surface area contributed by atoms with Gasteiger partial charge in [0.25, 0.3) is 23.6 Å². The molecule has 0 unspecified atom stereocenters. The second-order valence-electron chi connectivity index (χ2n) is 21.2. The zero-order valence-electron chi connectivity index (χ0n) is 47.0. The third-order valence-corrected chi connectivity index (χ3v) is 18.2. The van der Waals surface area contributed by atoms with Gasteiger partial charge in [-0.15, -0.1) is 5.06 Å². The predicted octanol–water partition coefficient (Wildman–Crippen LogP) is 8.89. The summed E-state index contributed by atoms with van der Waals surface area (Å²) in [4.78, 5) is 76.3. The minimum atomic E-state index is -0.620. The van der Waals surface area contributed by atoms with Gasteiger partial charge in [-0.2, -0.15) is 0 Å². The first kappa shape index (κ1) is 58.0. The summed E-state index contributed by atoms with van der Waals surface area (Å²) in [5.74, 6) is 0.554. The Morgan fingerprint density at radius 1 is 0.659 bits per heavy atom. The number of nitrogens with one attached hydrogen (secondary N) is 2. The number of hydrogen-bond acceptors (Lipinski definition) is 18. The molecular formula is C61H70N6O13S2. The molecule has 2 N–H and O–H groups in total. The van der Waals surface area contributed by atoms with Gasteiger partial charge in [-0.05, 0) is 97.8 Å². The van der Waals surface area contributed by atoms with Crippen LogP contribution in [0.1, 0.15) is 82.5 Å².